The molecule has 2 amide bonds. The van der Waals surface area contributed by atoms with Crippen LogP contribution in [0.4, 0.5) is 0 Å². The summed E-state index contributed by atoms with van der Waals surface area (Å²) in [5.74, 6) is -1.35. The molecule has 0 aliphatic heterocycles. The zero-order valence-corrected chi connectivity index (χ0v) is 19.9. The Morgan fingerprint density at radius 3 is 2.03 bits per heavy atom. The second-order valence-electron chi connectivity index (χ2n) is 7.83. The van der Waals surface area contributed by atoms with Crippen LogP contribution in [0.15, 0.2) is 24.4 Å². The van der Waals surface area contributed by atoms with Crippen LogP contribution in [0.3, 0.4) is 0 Å². The van der Waals surface area contributed by atoms with Gasteiger partial charge in [-0.3, -0.25) is 20.0 Å². The minimum absolute atomic E-state index is 0.0646. The second-order valence-corrected chi connectivity index (χ2v) is 7.83. The number of hydroxylamine groups is 6. The number of carbonyl (C=O) groups is 2. The monoisotopic (exact) mass is 491 g/mol. The Balaban J connectivity index is 3.73. The van der Waals surface area contributed by atoms with Gasteiger partial charge in [0.25, 0.3) is 0 Å². The molecule has 0 aromatic rings. The molecular formula is C21H41N5O8. The molecule has 0 aliphatic carbocycles. The van der Waals surface area contributed by atoms with Crippen molar-refractivity contribution >= 4 is 11.8 Å². The van der Waals surface area contributed by atoms with E-state index in [9.17, 15) is 30.2 Å². The molecule has 0 bridgehead atoms. The molecule has 0 aromatic carbocycles. The Hall–Kier alpha value is -2.58. The van der Waals surface area contributed by atoms with Crippen LogP contribution in [0.25, 0.3) is 0 Å². The number of rotatable bonds is 20. The summed E-state index contributed by atoms with van der Waals surface area (Å²) in [6.07, 6.45) is 4.13. The van der Waals surface area contributed by atoms with Crippen molar-refractivity contribution in [3.63, 3.8) is 0 Å². The summed E-state index contributed by atoms with van der Waals surface area (Å²) in [5, 5.41) is 63.5. The summed E-state index contributed by atoms with van der Waals surface area (Å²) >= 11 is 0. The summed E-state index contributed by atoms with van der Waals surface area (Å²) < 4.78 is 0. The van der Waals surface area contributed by atoms with E-state index in [1.165, 1.54) is 13.1 Å². The van der Waals surface area contributed by atoms with Gasteiger partial charge in [-0.15, -0.1) is 0 Å². The number of unbranched alkanes of at least 4 members (excludes halogenated alkanes) is 4. The minimum atomic E-state index is -1.16. The molecular weight excluding hydrogens is 450 g/mol. The molecule has 0 unspecified atom stereocenters. The van der Waals surface area contributed by atoms with Gasteiger partial charge in [-0.2, -0.15) is 5.06 Å². The molecule has 8 N–H and O–H groups in total. The van der Waals surface area contributed by atoms with E-state index < -0.39 is 18.0 Å². The number of hydrogen-bond acceptors (Lipinski definition) is 11. The Morgan fingerprint density at radius 1 is 0.912 bits per heavy atom. The van der Waals surface area contributed by atoms with Crippen molar-refractivity contribution in [3.8, 4) is 0 Å². The summed E-state index contributed by atoms with van der Waals surface area (Å²) in [4.78, 5) is 23.4. The first-order valence-corrected chi connectivity index (χ1v) is 11.4. The number of aliphatic hydroxyl groups excluding tert-OH is 3. The average molecular weight is 492 g/mol. The maximum atomic E-state index is 11.8. The lowest BCUT2D eigenvalue weighted by atomic mass is 10.2. The molecule has 0 fully saturated rings. The van der Waals surface area contributed by atoms with E-state index in [0.717, 1.165) is 11.5 Å². The van der Waals surface area contributed by atoms with Gasteiger partial charge in [0.1, 0.15) is 6.23 Å². The van der Waals surface area contributed by atoms with Crippen LogP contribution in [0, 0.1) is 0 Å². The van der Waals surface area contributed by atoms with Gasteiger partial charge >= 0.3 is 0 Å². The van der Waals surface area contributed by atoms with E-state index in [-0.39, 0.29) is 44.2 Å². The van der Waals surface area contributed by atoms with Gasteiger partial charge in [0.2, 0.25) is 23.6 Å². The minimum Gasteiger partial charge on any atom is -0.494 e. The first-order valence-electron chi connectivity index (χ1n) is 11.4. The highest BCUT2D eigenvalue weighted by molar-refractivity contribution is 5.77. The highest BCUT2D eigenvalue weighted by Gasteiger charge is 2.14. The molecule has 0 saturated carbocycles. The lowest BCUT2D eigenvalue weighted by Crippen LogP contribution is -2.34. The molecule has 0 radical (unpaired) electrons. The first kappa shape index (κ1) is 31.4. The zero-order chi connectivity index (χ0) is 25.9. The summed E-state index contributed by atoms with van der Waals surface area (Å²) in [6.45, 7) is 4.54. The average Bonchev–Trinajstić information content (AvgIpc) is 2.79. The Morgan fingerprint density at radius 2 is 1.47 bits per heavy atom. The largest absolute Gasteiger partial charge is 0.494 e. The fourth-order valence-electron chi connectivity index (χ4n) is 2.76. The molecule has 1 atom stereocenters. The highest BCUT2D eigenvalue weighted by Crippen LogP contribution is 2.05. The van der Waals surface area contributed by atoms with Crippen LogP contribution in [0.1, 0.15) is 57.8 Å². The second kappa shape index (κ2) is 18.8. The Kier molecular flexibility index (Phi) is 17.4. The summed E-state index contributed by atoms with van der Waals surface area (Å²) in [7, 11) is 1.23. The van der Waals surface area contributed by atoms with E-state index in [4.69, 9.17) is 10.3 Å². The molecule has 0 aliphatic rings. The van der Waals surface area contributed by atoms with Gasteiger partial charge in [0, 0.05) is 39.6 Å². The van der Waals surface area contributed by atoms with Gasteiger partial charge < -0.3 is 31.2 Å². The molecule has 198 valence electrons. The molecule has 0 heterocycles. The summed E-state index contributed by atoms with van der Waals surface area (Å²) in [5.41, 5.74) is 0. The van der Waals surface area contributed by atoms with Crippen molar-refractivity contribution in [2.45, 2.75) is 64.0 Å². The van der Waals surface area contributed by atoms with E-state index in [1.54, 1.807) is 0 Å². The molecule has 0 saturated heterocycles. The molecule has 0 rings (SSSR count). The number of amides is 2. The van der Waals surface area contributed by atoms with Crippen LogP contribution < -0.4 is 10.6 Å². The maximum Gasteiger partial charge on any atom is 0.224 e. The molecule has 34 heavy (non-hydrogen) atoms. The fourth-order valence-corrected chi connectivity index (χ4v) is 2.76. The summed E-state index contributed by atoms with van der Waals surface area (Å²) in [6, 6.07) is 0. The zero-order valence-electron chi connectivity index (χ0n) is 19.9. The third-order valence-electron chi connectivity index (χ3n) is 4.83. The van der Waals surface area contributed by atoms with Crippen molar-refractivity contribution in [1.29, 1.82) is 0 Å². The van der Waals surface area contributed by atoms with Crippen LogP contribution >= 0.6 is 0 Å². The highest BCUT2D eigenvalue weighted by atomic mass is 16.5. The van der Waals surface area contributed by atoms with Gasteiger partial charge in [0.05, 0.1) is 6.42 Å². The molecule has 0 spiro atoms. The topological polar surface area (TPSA) is 189 Å². The van der Waals surface area contributed by atoms with E-state index in [0.29, 0.717) is 55.3 Å². The van der Waals surface area contributed by atoms with Gasteiger partial charge in [0.15, 0.2) is 0 Å². The van der Waals surface area contributed by atoms with E-state index >= 15 is 0 Å². The first-order chi connectivity index (χ1) is 16.0. The maximum absolute atomic E-state index is 11.8. The van der Waals surface area contributed by atoms with Crippen LogP contribution in [-0.4, -0.2) is 97.4 Å². The van der Waals surface area contributed by atoms with Gasteiger partial charge in [-0.05, 0) is 51.2 Å². The van der Waals surface area contributed by atoms with Gasteiger partial charge in [-0.25, -0.2) is 10.1 Å². The SMILES string of the molecule is C=C(O)N(O)CCCCCNC(=O)CC[C@@H](O)N(O)CCCCCNC(=O)C/C=C(/O)N(C)O. The smallest absolute Gasteiger partial charge is 0.224 e. The predicted molar refractivity (Wildman–Crippen MR) is 123 cm³/mol. The van der Waals surface area contributed by atoms with Gasteiger partial charge in [-0.1, -0.05) is 6.42 Å². The Bertz CT molecular complexity index is 632. The van der Waals surface area contributed by atoms with Crippen molar-refractivity contribution in [2.75, 3.05) is 33.2 Å². The number of aliphatic hydroxyl groups is 3. The lowest BCUT2D eigenvalue weighted by molar-refractivity contribution is -0.198. The predicted octanol–water partition coefficient (Wildman–Crippen LogP) is 1.18. The number of carbonyl (C=O) groups excluding carboxylic acids is 2. The third kappa shape index (κ3) is 17.0. The van der Waals surface area contributed by atoms with Crippen molar-refractivity contribution < 1.29 is 40.5 Å². The normalized spacial score (nSPS) is 12.4. The van der Waals surface area contributed by atoms with Crippen molar-refractivity contribution in [2.24, 2.45) is 0 Å². The standard InChI is InChI=1S/C21H41N5O8/c1-17(27)25(33)15-7-3-5-13-23-19(29)10-12-21(31)26(34)16-8-4-6-14-22-18(28)9-11-20(30)24(2)32/h11,21,27,30-34H,1,3-10,12-16H2,2H3,(H,22,28)(H,23,29)/b20-11+/t21-/m1/s1. The number of hydrogen-bond donors (Lipinski definition) is 8. The van der Waals surface area contributed by atoms with E-state index in [1.807, 2.05) is 0 Å². The lowest BCUT2D eigenvalue weighted by Gasteiger charge is -2.21. The molecule has 0 aromatic heterocycles. The van der Waals surface area contributed by atoms with Crippen LogP contribution in [-0.2, 0) is 9.59 Å². The third-order valence-corrected chi connectivity index (χ3v) is 4.83. The molecule has 13 heteroatoms. The van der Waals surface area contributed by atoms with E-state index in [2.05, 4.69) is 17.2 Å². The number of nitrogens with one attached hydrogen (secondary N) is 2. The Labute approximate surface area is 200 Å². The van der Waals surface area contributed by atoms with Crippen molar-refractivity contribution in [1.82, 2.24) is 25.8 Å². The fraction of sp³-hybridized carbons (Fsp3) is 0.714. The van der Waals surface area contributed by atoms with Crippen molar-refractivity contribution in [3.05, 3.63) is 24.4 Å². The molecule has 13 nitrogen and oxygen atoms in total. The number of nitrogens with zero attached hydrogens (tertiary/aromatic N) is 3. The van der Waals surface area contributed by atoms with Crippen LogP contribution in [0.2, 0.25) is 0 Å². The van der Waals surface area contributed by atoms with Crippen LogP contribution in [0.5, 0.6) is 0 Å². The quantitative estimate of drug-likeness (QED) is 0.0528.